The smallest absolute Gasteiger partial charge is 0.226 e. The molecule has 0 fully saturated rings. The first-order valence-corrected chi connectivity index (χ1v) is 8.35. The minimum Gasteiger partial charge on any atom is -0.490 e. The molecule has 1 amide bonds. The quantitative estimate of drug-likeness (QED) is 0.846. The fourth-order valence-corrected chi connectivity index (χ4v) is 2.46. The molecule has 0 spiro atoms. The van der Waals surface area contributed by atoms with E-state index in [0.717, 1.165) is 23.5 Å². The van der Waals surface area contributed by atoms with Crippen molar-refractivity contribution >= 4 is 5.91 Å². The van der Waals surface area contributed by atoms with Crippen LogP contribution in [0.5, 0.6) is 11.5 Å². The van der Waals surface area contributed by atoms with Crippen LogP contribution in [0.15, 0.2) is 18.2 Å². The van der Waals surface area contributed by atoms with E-state index in [2.05, 4.69) is 17.6 Å². The predicted octanol–water partition coefficient (Wildman–Crippen LogP) is 2.66. The van der Waals surface area contributed by atoms with Crippen LogP contribution in [-0.4, -0.2) is 32.2 Å². The van der Waals surface area contributed by atoms with Crippen molar-refractivity contribution in [2.75, 3.05) is 26.3 Å². The molecule has 1 aromatic rings. The number of carbonyl (C=O) groups is 1. The summed E-state index contributed by atoms with van der Waals surface area (Å²) in [6, 6.07) is 6.16. The summed E-state index contributed by atoms with van der Waals surface area (Å²) in [5.41, 5.74) is 0.677. The van der Waals surface area contributed by atoms with E-state index in [0.29, 0.717) is 26.3 Å². The monoisotopic (exact) mass is 320 g/mol. The van der Waals surface area contributed by atoms with E-state index in [-0.39, 0.29) is 11.9 Å². The molecule has 0 saturated heterocycles. The lowest BCUT2D eigenvalue weighted by Crippen LogP contribution is -2.43. The Hall–Kier alpha value is -1.75. The zero-order valence-electron chi connectivity index (χ0n) is 14.6. The number of benzene rings is 1. The minimum atomic E-state index is -0.449. The number of carbonyl (C=O) groups excluding carboxylic acids is 1. The zero-order chi connectivity index (χ0) is 16.9. The Morgan fingerprint density at radius 1 is 1.26 bits per heavy atom. The van der Waals surface area contributed by atoms with Crippen molar-refractivity contribution < 1.29 is 14.3 Å². The number of hydrogen-bond donors (Lipinski definition) is 2. The molecule has 1 aliphatic heterocycles. The molecule has 0 saturated carbocycles. The van der Waals surface area contributed by atoms with E-state index in [4.69, 9.17) is 9.47 Å². The van der Waals surface area contributed by atoms with Gasteiger partial charge in [0.25, 0.3) is 0 Å². The van der Waals surface area contributed by atoms with Gasteiger partial charge in [0.1, 0.15) is 0 Å². The molecule has 2 rings (SSSR count). The van der Waals surface area contributed by atoms with Gasteiger partial charge in [-0.15, -0.1) is 0 Å². The minimum absolute atomic E-state index is 0.0679. The first kappa shape index (κ1) is 17.6. The van der Waals surface area contributed by atoms with Crippen LogP contribution >= 0.6 is 0 Å². The second kappa shape index (κ2) is 7.68. The van der Waals surface area contributed by atoms with Crippen molar-refractivity contribution in [3.8, 4) is 11.5 Å². The van der Waals surface area contributed by atoms with Crippen LogP contribution in [0.25, 0.3) is 0 Å². The van der Waals surface area contributed by atoms with Gasteiger partial charge in [0.15, 0.2) is 11.5 Å². The Kier molecular flexibility index (Phi) is 5.88. The number of hydrogen-bond acceptors (Lipinski definition) is 4. The molecular weight excluding hydrogens is 292 g/mol. The van der Waals surface area contributed by atoms with E-state index in [9.17, 15) is 4.79 Å². The summed E-state index contributed by atoms with van der Waals surface area (Å²) in [6.45, 7) is 10.6. The number of nitrogens with one attached hydrogen (secondary N) is 2. The lowest BCUT2D eigenvalue weighted by molar-refractivity contribution is -0.129. The maximum absolute atomic E-state index is 12.1. The number of ether oxygens (including phenoxy) is 2. The maximum Gasteiger partial charge on any atom is 0.226 e. The Morgan fingerprint density at radius 3 is 2.65 bits per heavy atom. The molecule has 1 aromatic carbocycles. The predicted molar refractivity (Wildman–Crippen MR) is 90.9 cm³/mol. The van der Waals surface area contributed by atoms with Crippen LogP contribution in [0.2, 0.25) is 0 Å². The van der Waals surface area contributed by atoms with Crippen LogP contribution < -0.4 is 20.1 Å². The van der Waals surface area contributed by atoms with Crippen molar-refractivity contribution in [3.05, 3.63) is 23.8 Å². The van der Waals surface area contributed by atoms with E-state index >= 15 is 0 Å². The van der Waals surface area contributed by atoms with Crippen molar-refractivity contribution in [2.45, 2.75) is 40.2 Å². The first-order valence-electron chi connectivity index (χ1n) is 8.35. The van der Waals surface area contributed by atoms with Crippen molar-refractivity contribution in [3.63, 3.8) is 0 Å². The summed E-state index contributed by atoms with van der Waals surface area (Å²) in [5.74, 6) is 1.68. The van der Waals surface area contributed by atoms with Gasteiger partial charge in [-0.05, 0) is 45.4 Å². The highest BCUT2D eigenvalue weighted by Gasteiger charge is 2.27. The summed E-state index contributed by atoms with van der Waals surface area (Å²) < 4.78 is 11.4. The number of rotatable bonds is 6. The molecule has 1 heterocycles. The number of fused-ring (bicyclic) bond motifs is 1. The molecule has 23 heavy (non-hydrogen) atoms. The molecule has 0 bridgehead atoms. The van der Waals surface area contributed by atoms with Crippen LogP contribution in [0.1, 0.15) is 45.7 Å². The molecule has 0 radical (unpaired) electrons. The van der Waals surface area contributed by atoms with Crippen LogP contribution in [-0.2, 0) is 4.79 Å². The van der Waals surface area contributed by atoms with Crippen molar-refractivity contribution in [1.82, 2.24) is 10.6 Å². The van der Waals surface area contributed by atoms with Gasteiger partial charge in [0, 0.05) is 25.6 Å². The Bertz CT molecular complexity index is 543. The summed E-state index contributed by atoms with van der Waals surface area (Å²) in [7, 11) is 0. The van der Waals surface area contributed by atoms with Crippen LogP contribution in [0, 0.1) is 5.41 Å². The van der Waals surface area contributed by atoms with E-state index in [1.54, 1.807) is 0 Å². The van der Waals surface area contributed by atoms with Gasteiger partial charge in [0.2, 0.25) is 5.91 Å². The molecule has 128 valence electrons. The molecule has 0 aromatic heterocycles. The van der Waals surface area contributed by atoms with E-state index in [1.165, 1.54) is 0 Å². The fourth-order valence-electron chi connectivity index (χ4n) is 2.46. The average molecular weight is 320 g/mol. The Labute approximate surface area is 138 Å². The standard InChI is InChI=1S/C18H28N2O3/c1-5-19-17(21)18(3,4)12-20-13(2)14-7-8-15-16(11-14)23-10-6-9-22-15/h7-8,11,13,20H,5-6,9-10,12H2,1-4H3,(H,19,21)/t13-/m1/s1. The molecular formula is C18H28N2O3. The Balaban J connectivity index is 1.99. The molecule has 0 unspecified atom stereocenters. The van der Waals surface area contributed by atoms with Gasteiger partial charge in [-0.3, -0.25) is 4.79 Å². The van der Waals surface area contributed by atoms with Gasteiger partial charge in [-0.2, -0.15) is 0 Å². The number of amides is 1. The SMILES string of the molecule is CCNC(=O)C(C)(C)CN[C@H](C)c1ccc2c(c1)OCCCO2. The van der Waals surface area contributed by atoms with Crippen molar-refractivity contribution in [2.24, 2.45) is 5.41 Å². The molecule has 0 aliphatic carbocycles. The molecule has 5 nitrogen and oxygen atoms in total. The van der Waals surface area contributed by atoms with Gasteiger partial charge < -0.3 is 20.1 Å². The highest BCUT2D eigenvalue weighted by Crippen LogP contribution is 2.32. The van der Waals surface area contributed by atoms with Crippen LogP contribution in [0.3, 0.4) is 0 Å². The maximum atomic E-state index is 12.1. The van der Waals surface area contributed by atoms with Gasteiger partial charge >= 0.3 is 0 Å². The lowest BCUT2D eigenvalue weighted by Gasteiger charge is -2.26. The third-order valence-corrected chi connectivity index (χ3v) is 4.07. The highest BCUT2D eigenvalue weighted by molar-refractivity contribution is 5.81. The van der Waals surface area contributed by atoms with Crippen molar-refractivity contribution in [1.29, 1.82) is 0 Å². The summed E-state index contributed by atoms with van der Waals surface area (Å²) >= 11 is 0. The summed E-state index contributed by atoms with van der Waals surface area (Å²) in [6.07, 6.45) is 0.901. The fraction of sp³-hybridized carbons (Fsp3) is 0.611. The van der Waals surface area contributed by atoms with E-state index < -0.39 is 5.41 Å². The Morgan fingerprint density at radius 2 is 1.96 bits per heavy atom. The first-order chi connectivity index (χ1) is 10.9. The molecule has 2 N–H and O–H groups in total. The summed E-state index contributed by atoms with van der Waals surface area (Å²) in [5, 5.41) is 6.33. The lowest BCUT2D eigenvalue weighted by atomic mass is 9.91. The van der Waals surface area contributed by atoms with Gasteiger partial charge in [-0.1, -0.05) is 6.07 Å². The third-order valence-electron chi connectivity index (χ3n) is 4.07. The molecule has 5 heteroatoms. The molecule has 1 aliphatic rings. The van der Waals surface area contributed by atoms with Gasteiger partial charge in [-0.25, -0.2) is 0 Å². The second-order valence-electron chi connectivity index (χ2n) is 6.60. The third kappa shape index (κ3) is 4.61. The van der Waals surface area contributed by atoms with Crippen LogP contribution in [0.4, 0.5) is 0 Å². The zero-order valence-corrected chi connectivity index (χ0v) is 14.6. The highest BCUT2D eigenvalue weighted by atomic mass is 16.5. The average Bonchev–Trinajstić information content (AvgIpc) is 2.77. The normalized spacial score (nSPS) is 15.7. The van der Waals surface area contributed by atoms with E-state index in [1.807, 2.05) is 39.0 Å². The van der Waals surface area contributed by atoms with Gasteiger partial charge in [0.05, 0.1) is 18.6 Å². The summed E-state index contributed by atoms with van der Waals surface area (Å²) in [4.78, 5) is 12.1. The second-order valence-corrected chi connectivity index (χ2v) is 6.60. The molecule has 1 atom stereocenters. The topological polar surface area (TPSA) is 59.6 Å². The largest absolute Gasteiger partial charge is 0.490 e.